The van der Waals surface area contributed by atoms with Crippen LogP contribution in [0.5, 0.6) is 0 Å². The smallest absolute Gasteiger partial charge is 0.408 e. The monoisotopic (exact) mass is 612 g/mol. The highest BCUT2D eigenvalue weighted by atomic mass is 16.6. The Morgan fingerprint density at radius 1 is 1.00 bits per heavy atom. The summed E-state index contributed by atoms with van der Waals surface area (Å²) in [5.74, 6) is -2.33. The lowest BCUT2D eigenvalue weighted by molar-refractivity contribution is -0.145. The van der Waals surface area contributed by atoms with E-state index in [1.807, 2.05) is 58.0 Å². The molecule has 6 atom stereocenters. The fourth-order valence-electron chi connectivity index (χ4n) is 6.63. The number of Topliss-reactive ketones (excluding diaryl/α,β-unsaturated/α-hetero) is 1. The molecule has 2 aliphatic rings. The van der Waals surface area contributed by atoms with Crippen LogP contribution in [0.1, 0.15) is 99.6 Å². The van der Waals surface area contributed by atoms with Crippen molar-refractivity contribution in [2.45, 2.75) is 118 Å². The van der Waals surface area contributed by atoms with Crippen LogP contribution in [0.4, 0.5) is 4.79 Å². The molecule has 4 amide bonds. The SMILES string of the molecule is CCCC(NC(=O)[C@@H]1[C@H]2CCC(C)(C)[C@H]2CN1C(=O)[C@@H](NC(=O)OC(C)C)C(C)(C)C)C(=O)C(=O)N[C@H](C)c1ccccc1. The Balaban J connectivity index is 1.86. The second-order valence-corrected chi connectivity index (χ2v) is 14.5. The third-order valence-electron chi connectivity index (χ3n) is 9.13. The Kier molecular flexibility index (Phi) is 11.2. The van der Waals surface area contributed by atoms with E-state index in [1.54, 1.807) is 25.7 Å². The molecule has 10 heteroatoms. The highest BCUT2D eigenvalue weighted by Crippen LogP contribution is 2.53. The Morgan fingerprint density at radius 2 is 1.64 bits per heavy atom. The van der Waals surface area contributed by atoms with Gasteiger partial charge in [0.05, 0.1) is 18.2 Å². The summed E-state index contributed by atoms with van der Waals surface area (Å²) in [5.41, 5.74) is 0.0974. The normalized spacial score (nSPS) is 22.9. The van der Waals surface area contributed by atoms with Gasteiger partial charge in [0.1, 0.15) is 12.1 Å². The predicted molar refractivity (Wildman–Crippen MR) is 168 cm³/mol. The Labute approximate surface area is 262 Å². The van der Waals surface area contributed by atoms with Crippen LogP contribution in [0.25, 0.3) is 0 Å². The van der Waals surface area contributed by atoms with E-state index in [2.05, 4.69) is 29.8 Å². The second kappa shape index (κ2) is 14.1. The number of ether oxygens (including phenoxy) is 1. The van der Waals surface area contributed by atoms with E-state index in [0.717, 1.165) is 18.4 Å². The highest BCUT2D eigenvalue weighted by Gasteiger charge is 2.57. The van der Waals surface area contributed by atoms with Gasteiger partial charge in [-0.05, 0) is 68.3 Å². The van der Waals surface area contributed by atoms with Crippen LogP contribution in [-0.4, -0.2) is 65.3 Å². The third kappa shape index (κ3) is 8.18. The van der Waals surface area contributed by atoms with Crippen LogP contribution in [0, 0.1) is 22.7 Å². The number of fused-ring (bicyclic) bond motifs is 1. The molecule has 10 nitrogen and oxygen atoms in total. The number of rotatable bonds is 11. The topological polar surface area (TPSA) is 134 Å². The van der Waals surface area contributed by atoms with Crippen LogP contribution < -0.4 is 16.0 Å². The Morgan fingerprint density at radius 3 is 2.20 bits per heavy atom. The lowest BCUT2D eigenvalue weighted by Gasteiger charge is -2.36. The molecule has 1 aliphatic heterocycles. The average molecular weight is 613 g/mol. The number of carbonyl (C=O) groups is 5. The number of alkyl carbamates (subject to hydrolysis) is 1. The molecule has 1 unspecified atom stereocenters. The van der Waals surface area contributed by atoms with Crippen molar-refractivity contribution in [1.29, 1.82) is 0 Å². The summed E-state index contributed by atoms with van der Waals surface area (Å²) in [6, 6.07) is 6.14. The van der Waals surface area contributed by atoms with Crippen LogP contribution in [-0.2, 0) is 23.9 Å². The van der Waals surface area contributed by atoms with Crippen molar-refractivity contribution < 1.29 is 28.7 Å². The van der Waals surface area contributed by atoms with Gasteiger partial charge in [-0.2, -0.15) is 0 Å². The summed E-state index contributed by atoms with van der Waals surface area (Å²) >= 11 is 0. The summed E-state index contributed by atoms with van der Waals surface area (Å²) in [6.45, 7) is 17.4. The number of hydrogen-bond acceptors (Lipinski definition) is 6. The third-order valence-corrected chi connectivity index (χ3v) is 9.13. The molecule has 244 valence electrons. The maximum absolute atomic E-state index is 14.2. The first kappa shape index (κ1) is 35.1. The fourth-order valence-corrected chi connectivity index (χ4v) is 6.63. The maximum atomic E-state index is 14.2. The second-order valence-electron chi connectivity index (χ2n) is 14.5. The van der Waals surface area contributed by atoms with Crippen molar-refractivity contribution >= 4 is 29.6 Å². The number of nitrogens with zero attached hydrogens (tertiary/aromatic N) is 1. The standard InChI is InChI=1S/C34H52N4O6/c1-10-14-25(27(39)30(41)35-21(4)22-15-12-11-13-16-22)36-29(40)26-23-17-18-34(8,9)24(23)19-38(26)31(42)28(33(5,6)7)37-32(43)44-20(2)3/h11-13,15-16,20-21,23-26,28H,10,14,17-19H2,1-9H3,(H,35,41)(H,36,40)(H,37,43)/t21-,23+,24+,25?,26+,28-/m1/s1. The number of benzene rings is 1. The molecule has 0 aromatic heterocycles. The van der Waals surface area contributed by atoms with Gasteiger partial charge >= 0.3 is 6.09 Å². The summed E-state index contributed by atoms with van der Waals surface area (Å²) in [6.07, 6.45) is 1.45. The molecule has 0 radical (unpaired) electrons. The first-order valence-corrected chi connectivity index (χ1v) is 16.0. The van der Waals surface area contributed by atoms with Gasteiger partial charge in [0.15, 0.2) is 0 Å². The Bertz CT molecular complexity index is 1210. The summed E-state index contributed by atoms with van der Waals surface area (Å²) < 4.78 is 5.28. The zero-order valence-corrected chi connectivity index (χ0v) is 27.9. The molecular weight excluding hydrogens is 560 g/mol. The molecule has 1 heterocycles. The molecule has 2 fully saturated rings. The van der Waals surface area contributed by atoms with Gasteiger partial charge in [0, 0.05) is 6.54 Å². The van der Waals surface area contributed by atoms with Crippen LogP contribution >= 0.6 is 0 Å². The fraction of sp³-hybridized carbons (Fsp3) is 0.676. The molecule has 1 saturated heterocycles. The van der Waals surface area contributed by atoms with E-state index in [0.29, 0.717) is 13.0 Å². The van der Waals surface area contributed by atoms with Crippen molar-refractivity contribution in [3.8, 4) is 0 Å². The number of amides is 4. The molecule has 1 aliphatic carbocycles. The van der Waals surface area contributed by atoms with E-state index in [4.69, 9.17) is 4.74 Å². The number of carbonyl (C=O) groups excluding carboxylic acids is 5. The van der Waals surface area contributed by atoms with Crippen molar-refractivity contribution in [2.24, 2.45) is 22.7 Å². The molecule has 1 aromatic carbocycles. The largest absolute Gasteiger partial charge is 0.447 e. The van der Waals surface area contributed by atoms with E-state index >= 15 is 0 Å². The van der Waals surface area contributed by atoms with Crippen molar-refractivity contribution in [1.82, 2.24) is 20.9 Å². The van der Waals surface area contributed by atoms with E-state index < -0.39 is 47.2 Å². The lowest BCUT2D eigenvalue weighted by Crippen LogP contribution is -2.60. The van der Waals surface area contributed by atoms with Crippen LogP contribution in [0.3, 0.4) is 0 Å². The first-order valence-electron chi connectivity index (χ1n) is 16.0. The first-order chi connectivity index (χ1) is 20.5. The molecule has 0 spiro atoms. The molecule has 3 rings (SSSR count). The zero-order valence-electron chi connectivity index (χ0n) is 27.9. The number of likely N-dealkylation sites (tertiary alicyclic amines) is 1. The van der Waals surface area contributed by atoms with Gasteiger partial charge in [-0.25, -0.2) is 4.79 Å². The number of nitrogens with one attached hydrogen (secondary N) is 3. The minimum absolute atomic E-state index is 0.0702. The summed E-state index contributed by atoms with van der Waals surface area (Å²) in [7, 11) is 0. The number of ketones is 1. The van der Waals surface area contributed by atoms with Crippen LogP contribution in [0.2, 0.25) is 0 Å². The van der Waals surface area contributed by atoms with Gasteiger partial charge in [0.2, 0.25) is 17.6 Å². The molecule has 1 aromatic rings. The molecule has 3 N–H and O–H groups in total. The zero-order chi connectivity index (χ0) is 33.0. The summed E-state index contributed by atoms with van der Waals surface area (Å²) in [4.78, 5) is 68.9. The van der Waals surface area contributed by atoms with Gasteiger partial charge in [-0.3, -0.25) is 19.2 Å². The minimum atomic E-state index is -1.03. The lowest BCUT2D eigenvalue weighted by atomic mass is 9.79. The highest BCUT2D eigenvalue weighted by molar-refractivity contribution is 6.38. The van der Waals surface area contributed by atoms with Crippen molar-refractivity contribution in [2.75, 3.05) is 6.54 Å². The predicted octanol–water partition coefficient (Wildman–Crippen LogP) is 4.53. The van der Waals surface area contributed by atoms with Gasteiger partial charge < -0.3 is 25.6 Å². The minimum Gasteiger partial charge on any atom is -0.447 e. The Hall–Kier alpha value is -3.43. The molecule has 0 bridgehead atoms. The van der Waals surface area contributed by atoms with Gasteiger partial charge in [0.25, 0.3) is 5.91 Å². The van der Waals surface area contributed by atoms with Crippen molar-refractivity contribution in [3.05, 3.63) is 35.9 Å². The quantitative estimate of drug-likeness (QED) is 0.315. The molecular formula is C34H52N4O6. The maximum Gasteiger partial charge on any atom is 0.408 e. The number of hydrogen-bond donors (Lipinski definition) is 3. The van der Waals surface area contributed by atoms with E-state index in [9.17, 15) is 24.0 Å². The van der Waals surface area contributed by atoms with Gasteiger partial charge in [-0.15, -0.1) is 0 Å². The molecule has 44 heavy (non-hydrogen) atoms. The van der Waals surface area contributed by atoms with E-state index in [-0.39, 0.29) is 41.7 Å². The average Bonchev–Trinajstić information content (AvgIpc) is 3.47. The van der Waals surface area contributed by atoms with Crippen LogP contribution in [0.15, 0.2) is 30.3 Å². The van der Waals surface area contributed by atoms with E-state index in [1.165, 1.54) is 0 Å². The van der Waals surface area contributed by atoms with Crippen molar-refractivity contribution in [3.63, 3.8) is 0 Å². The van der Waals surface area contributed by atoms with Gasteiger partial charge in [-0.1, -0.05) is 78.3 Å². The molecule has 1 saturated carbocycles. The summed E-state index contributed by atoms with van der Waals surface area (Å²) in [5, 5.41) is 8.37.